The van der Waals surface area contributed by atoms with Gasteiger partial charge in [0, 0.05) is 5.56 Å². The number of hydrogen-bond acceptors (Lipinski definition) is 3. The Morgan fingerprint density at radius 2 is 1.62 bits per heavy atom. The van der Waals surface area contributed by atoms with Crippen LogP contribution in [0.25, 0.3) is 0 Å². The zero-order valence-corrected chi connectivity index (χ0v) is 13.5. The van der Waals surface area contributed by atoms with Crippen molar-refractivity contribution >= 4 is 11.8 Å². The fraction of sp³-hybridized carbons (Fsp3) is 0.222. The van der Waals surface area contributed by atoms with Crippen LogP contribution < -0.4 is 15.8 Å². The molecule has 0 bridgehead atoms. The molecule has 0 aromatic heterocycles. The smallest absolute Gasteiger partial charge is 0.261 e. The van der Waals surface area contributed by atoms with Crippen molar-refractivity contribution < 1.29 is 18.7 Å². The van der Waals surface area contributed by atoms with Gasteiger partial charge in [0.2, 0.25) is 5.91 Å². The van der Waals surface area contributed by atoms with E-state index >= 15 is 0 Å². The zero-order valence-electron chi connectivity index (χ0n) is 13.5. The summed E-state index contributed by atoms with van der Waals surface area (Å²) in [6.45, 7) is 3.42. The quantitative estimate of drug-likeness (QED) is 0.854. The molecule has 2 atom stereocenters. The van der Waals surface area contributed by atoms with Crippen LogP contribution in [0.15, 0.2) is 48.5 Å². The fourth-order valence-electron chi connectivity index (χ4n) is 2.12. The van der Waals surface area contributed by atoms with Gasteiger partial charge in [-0.2, -0.15) is 0 Å². The molecule has 0 heterocycles. The number of carbonyl (C=O) groups is 2. The number of ether oxygens (including phenoxy) is 1. The molecule has 3 N–H and O–H groups in total. The minimum atomic E-state index is -0.729. The van der Waals surface area contributed by atoms with E-state index in [9.17, 15) is 14.0 Å². The van der Waals surface area contributed by atoms with E-state index in [1.165, 1.54) is 24.3 Å². The molecule has 0 saturated heterocycles. The minimum absolute atomic E-state index is 0.276. The van der Waals surface area contributed by atoms with Gasteiger partial charge in [-0.15, -0.1) is 0 Å². The maximum atomic E-state index is 12.9. The molecule has 0 aliphatic carbocycles. The van der Waals surface area contributed by atoms with E-state index in [2.05, 4.69) is 5.32 Å². The van der Waals surface area contributed by atoms with Gasteiger partial charge >= 0.3 is 0 Å². The highest BCUT2D eigenvalue weighted by atomic mass is 19.1. The SMILES string of the molecule is C[C@H](Oc1ccc(C(N)=O)cc1)C(=O)N[C@@H](C)c1ccc(F)cc1. The lowest BCUT2D eigenvalue weighted by Gasteiger charge is -2.19. The van der Waals surface area contributed by atoms with Gasteiger partial charge in [-0.25, -0.2) is 4.39 Å². The molecular formula is C18H19FN2O3. The van der Waals surface area contributed by atoms with Crippen molar-refractivity contribution in [3.63, 3.8) is 0 Å². The summed E-state index contributed by atoms with van der Waals surface area (Å²) in [7, 11) is 0. The summed E-state index contributed by atoms with van der Waals surface area (Å²) in [4.78, 5) is 23.2. The summed E-state index contributed by atoms with van der Waals surface area (Å²) in [5, 5.41) is 2.80. The Kier molecular flexibility index (Phi) is 5.52. The number of nitrogens with one attached hydrogen (secondary N) is 1. The van der Waals surface area contributed by atoms with E-state index in [4.69, 9.17) is 10.5 Å². The average molecular weight is 330 g/mol. The first-order valence-electron chi connectivity index (χ1n) is 7.49. The molecular weight excluding hydrogens is 311 g/mol. The van der Waals surface area contributed by atoms with Crippen molar-refractivity contribution in [2.24, 2.45) is 5.73 Å². The van der Waals surface area contributed by atoms with Crippen LogP contribution in [-0.4, -0.2) is 17.9 Å². The van der Waals surface area contributed by atoms with Gasteiger partial charge in [0.1, 0.15) is 11.6 Å². The highest BCUT2D eigenvalue weighted by Gasteiger charge is 2.18. The monoisotopic (exact) mass is 330 g/mol. The van der Waals surface area contributed by atoms with Crippen LogP contribution in [0, 0.1) is 5.82 Å². The second-order valence-electron chi connectivity index (χ2n) is 5.43. The summed E-state index contributed by atoms with van der Waals surface area (Å²) < 4.78 is 18.5. The number of hydrogen-bond donors (Lipinski definition) is 2. The molecule has 2 amide bonds. The predicted molar refractivity (Wildman–Crippen MR) is 88.0 cm³/mol. The highest BCUT2D eigenvalue weighted by Crippen LogP contribution is 2.16. The molecule has 126 valence electrons. The number of primary amides is 1. The van der Waals surface area contributed by atoms with Gasteiger partial charge in [-0.1, -0.05) is 12.1 Å². The van der Waals surface area contributed by atoms with Crippen LogP contribution in [0.5, 0.6) is 5.75 Å². The average Bonchev–Trinajstić information content (AvgIpc) is 2.55. The van der Waals surface area contributed by atoms with Crippen molar-refractivity contribution in [2.45, 2.75) is 26.0 Å². The molecule has 0 fully saturated rings. The number of nitrogens with two attached hydrogens (primary N) is 1. The van der Waals surface area contributed by atoms with E-state index in [1.54, 1.807) is 38.1 Å². The normalized spacial score (nSPS) is 13.0. The number of carbonyl (C=O) groups excluding carboxylic acids is 2. The Labute approximate surface area is 139 Å². The van der Waals surface area contributed by atoms with E-state index in [-0.39, 0.29) is 17.8 Å². The lowest BCUT2D eigenvalue weighted by molar-refractivity contribution is -0.127. The van der Waals surface area contributed by atoms with Gasteiger partial charge in [0.05, 0.1) is 6.04 Å². The van der Waals surface area contributed by atoms with Crippen molar-refractivity contribution in [2.75, 3.05) is 0 Å². The van der Waals surface area contributed by atoms with Crippen molar-refractivity contribution in [1.29, 1.82) is 0 Å². The molecule has 6 heteroatoms. The lowest BCUT2D eigenvalue weighted by Crippen LogP contribution is -2.37. The minimum Gasteiger partial charge on any atom is -0.481 e. The van der Waals surface area contributed by atoms with Crippen molar-refractivity contribution in [1.82, 2.24) is 5.32 Å². The Hall–Kier alpha value is -2.89. The fourth-order valence-corrected chi connectivity index (χ4v) is 2.12. The van der Waals surface area contributed by atoms with E-state index < -0.39 is 12.0 Å². The number of amides is 2. The van der Waals surface area contributed by atoms with Crippen molar-refractivity contribution in [3.8, 4) is 5.75 Å². The third-order valence-corrected chi connectivity index (χ3v) is 3.55. The molecule has 5 nitrogen and oxygen atoms in total. The van der Waals surface area contributed by atoms with Crippen molar-refractivity contribution in [3.05, 3.63) is 65.5 Å². The first kappa shape index (κ1) is 17.5. The van der Waals surface area contributed by atoms with Gasteiger partial charge < -0.3 is 15.8 Å². The first-order valence-corrected chi connectivity index (χ1v) is 7.49. The molecule has 24 heavy (non-hydrogen) atoms. The molecule has 0 spiro atoms. The number of halogens is 1. The van der Waals surface area contributed by atoms with Gasteiger partial charge in [0.15, 0.2) is 6.10 Å². The summed E-state index contributed by atoms with van der Waals surface area (Å²) >= 11 is 0. The van der Waals surface area contributed by atoms with E-state index in [0.717, 1.165) is 5.56 Å². The van der Waals surface area contributed by atoms with Crippen LogP contribution in [0.3, 0.4) is 0 Å². The van der Waals surface area contributed by atoms with E-state index in [1.807, 2.05) is 0 Å². The summed E-state index contributed by atoms with van der Waals surface area (Å²) in [5.41, 5.74) is 6.32. The lowest BCUT2D eigenvalue weighted by atomic mass is 10.1. The third-order valence-electron chi connectivity index (χ3n) is 3.55. The second kappa shape index (κ2) is 7.59. The predicted octanol–water partition coefficient (Wildman–Crippen LogP) is 2.57. The first-order chi connectivity index (χ1) is 11.4. The molecule has 0 saturated carbocycles. The topological polar surface area (TPSA) is 81.4 Å². The van der Waals surface area contributed by atoms with E-state index in [0.29, 0.717) is 11.3 Å². The largest absolute Gasteiger partial charge is 0.481 e. The third kappa shape index (κ3) is 4.55. The van der Waals surface area contributed by atoms with Crippen LogP contribution in [0.2, 0.25) is 0 Å². The van der Waals surface area contributed by atoms with Gasteiger partial charge in [0.25, 0.3) is 5.91 Å². The summed E-state index contributed by atoms with van der Waals surface area (Å²) in [6.07, 6.45) is -0.729. The maximum Gasteiger partial charge on any atom is 0.261 e. The van der Waals surface area contributed by atoms with Gasteiger partial charge in [-0.3, -0.25) is 9.59 Å². The van der Waals surface area contributed by atoms with Gasteiger partial charge in [-0.05, 0) is 55.8 Å². The number of rotatable bonds is 6. The molecule has 0 aliphatic rings. The Morgan fingerprint density at radius 3 is 2.17 bits per heavy atom. The highest BCUT2D eigenvalue weighted by molar-refractivity contribution is 5.92. The molecule has 0 unspecified atom stereocenters. The van der Waals surface area contributed by atoms with Crippen LogP contribution in [0.4, 0.5) is 4.39 Å². The van der Waals surface area contributed by atoms with Crippen LogP contribution >= 0.6 is 0 Å². The number of benzene rings is 2. The standard InChI is InChI=1S/C18H19FN2O3/c1-11(13-3-7-15(19)8-4-13)21-18(23)12(2)24-16-9-5-14(6-10-16)17(20)22/h3-12H,1-2H3,(H2,20,22)(H,21,23)/t11-,12-/m0/s1. The van der Waals surface area contributed by atoms with Crippen LogP contribution in [-0.2, 0) is 4.79 Å². The van der Waals surface area contributed by atoms with Crippen LogP contribution in [0.1, 0.15) is 35.8 Å². The maximum absolute atomic E-state index is 12.9. The molecule has 0 aliphatic heterocycles. The molecule has 2 rings (SSSR count). The Bertz CT molecular complexity index is 714. The Balaban J connectivity index is 1.93. The second-order valence-corrected chi connectivity index (χ2v) is 5.43. The summed E-state index contributed by atoms with van der Waals surface area (Å²) in [6, 6.07) is 11.9. The Morgan fingerprint density at radius 1 is 1.04 bits per heavy atom. The molecule has 0 radical (unpaired) electrons. The summed E-state index contributed by atoms with van der Waals surface area (Å²) in [5.74, 6) is -0.697. The molecule has 2 aromatic rings. The molecule has 2 aromatic carbocycles. The zero-order chi connectivity index (χ0) is 17.7.